The minimum atomic E-state index is -1.01. The third kappa shape index (κ3) is 2.45. The molecular weight excluding hydrogens is 394 g/mol. The van der Waals surface area contributed by atoms with Crippen LogP contribution in [0.2, 0.25) is 0 Å². The maximum Gasteiger partial charge on any atom is 0.255 e. The minimum Gasteiger partial charge on any atom is -0.339 e. The molecule has 32 heavy (non-hydrogen) atoms. The first kappa shape index (κ1) is 18.3. The van der Waals surface area contributed by atoms with Gasteiger partial charge < -0.3 is 4.90 Å². The average Bonchev–Trinajstić information content (AvgIpc) is 3.53. The smallest absolute Gasteiger partial charge is 0.255 e. The summed E-state index contributed by atoms with van der Waals surface area (Å²) in [5.41, 5.74) is 8.26. The largest absolute Gasteiger partial charge is 0.339 e. The van der Waals surface area contributed by atoms with Gasteiger partial charge in [-0.1, -0.05) is 23.7 Å². The molecular formula is C25H19B2N4O. The zero-order valence-corrected chi connectivity index (χ0v) is 17.7. The minimum absolute atomic E-state index is 0.0367. The molecule has 5 nitrogen and oxygen atoms in total. The van der Waals surface area contributed by atoms with Gasteiger partial charge in [0.05, 0.1) is 16.8 Å². The Kier molecular flexibility index (Phi) is 3.49. The van der Waals surface area contributed by atoms with Gasteiger partial charge in [-0.2, -0.15) is 5.10 Å². The van der Waals surface area contributed by atoms with Crippen molar-refractivity contribution < 1.29 is 4.79 Å². The quantitative estimate of drug-likeness (QED) is 0.475. The molecule has 1 atom stereocenters. The first-order valence-corrected chi connectivity index (χ1v) is 11.0. The predicted molar refractivity (Wildman–Crippen MR) is 125 cm³/mol. The van der Waals surface area contributed by atoms with Gasteiger partial charge in [-0.15, -0.1) is 0 Å². The molecule has 1 saturated carbocycles. The molecule has 1 amide bonds. The Hall–Kier alpha value is -3.34. The average molecular weight is 413 g/mol. The molecule has 0 bridgehead atoms. The van der Waals surface area contributed by atoms with Gasteiger partial charge >= 0.3 is 0 Å². The van der Waals surface area contributed by atoms with E-state index in [4.69, 9.17) is 7.85 Å². The summed E-state index contributed by atoms with van der Waals surface area (Å²) in [5.74, 6) is 0.521. The zero-order valence-electron chi connectivity index (χ0n) is 17.7. The highest BCUT2D eigenvalue weighted by molar-refractivity contribution is 6.67. The molecule has 1 aliphatic carbocycles. The van der Waals surface area contributed by atoms with E-state index in [1.165, 1.54) is 29.5 Å². The van der Waals surface area contributed by atoms with E-state index >= 15 is 0 Å². The van der Waals surface area contributed by atoms with E-state index in [0.717, 1.165) is 21.9 Å². The van der Waals surface area contributed by atoms with Crippen molar-refractivity contribution in [3.63, 3.8) is 0 Å². The van der Waals surface area contributed by atoms with Crippen LogP contribution in [0.25, 0.3) is 22.0 Å². The van der Waals surface area contributed by atoms with Crippen molar-refractivity contribution in [1.82, 2.24) is 19.7 Å². The molecule has 2 aromatic carbocycles. The Morgan fingerprint density at radius 1 is 1.16 bits per heavy atom. The second kappa shape index (κ2) is 6.12. The highest BCUT2D eigenvalue weighted by atomic mass is 16.2. The maximum absolute atomic E-state index is 13.1. The molecule has 151 valence electrons. The topological polar surface area (TPSA) is 51.0 Å². The molecule has 7 heteroatoms. The first-order valence-electron chi connectivity index (χ1n) is 11.0. The molecule has 2 aliphatic heterocycles. The van der Waals surface area contributed by atoms with Gasteiger partial charge in [-0.25, -0.2) is 0 Å². The lowest BCUT2D eigenvalue weighted by molar-refractivity contribution is 0.0725. The molecule has 4 aromatic rings. The van der Waals surface area contributed by atoms with Crippen LogP contribution in [0.1, 0.15) is 45.9 Å². The van der Waals surface area contributed by atoms with Gasteiger partial charge in [-0.3, -0.25) is 14.5 Å². The van der Waals surface area contributed by atoms with E-state index in [1.54, 1.807) is 17.2 Å². The Morgan fingerprint density at radius 3 is 2.88 bits per heavy atom. The van der Waals surface area contributed by atoms with Gasteiger partial charge in [0.25, 0.3) is 5.91 Å². The van der Waals surface area contributed by atoms with Crippen molar-refractivity contribution in [3.05, 3.63) is 77.2 Å². The molecule has 4 heterocycles. The van der Waals surface area contributed by atoms with E-state index in [0.29, 0.717) is 23.7 Å². The summed E-state index contributed by atoms with van der Waals surface area (Å²) < 4.78 is 1.85. The molecule has 7 rings (SSSR count). The van der Waals surface area contributed by atoms with Crippen molar-refractivity contribution >= 4 is 37.4 Å². The number of pyridine rings is 1. The lowest BCUT2D eigenvalue weighted by Gasteiger charge is -2.41. The number of benzene rings is 2. The van der Waals surface area contributed by atoms with Crippen LogP contribution in [0.5, 0.6) is 0 Å². The van der Waals surface area contributed by atoms with Gasteiger partial charge in [0, 0.05) is 36.7 Å². The number of nitrogens with zero attached hydrogens (tertiary/aromatic N) is 4. The fourth-order valence-electron chi connectivity index (χ4n) is 5.37. The van der Waals surface area contributed by atoms with Crippen LogP contribution in [-0.2, 0) is 18.9 Å². The van der Waals surface area contributed by atoms with Crippen LogP contribution in [0.15, 0.2) is 54.9 Å². The second-order valence-corrected chi connectivity index (χ2v) is 9.24. The van der Waals surface area contributed by atoms with Gasteiger partial charge in [0.1, 0.15) is 7.85 Å². The number of hydrogen-bond donors (Lipinski definition) is 0. The molecule has 0 spiro atoms. The van der Waals surface area contributed by atoms with Gasteiger partial charge in [-0.05, 0) is 65.3 Å². The van der Waals surface area contributed by atoms with E-state index < -0.39 is 5.34 Å². The molecule has 0 saturated heterocycles. The number of aromatic nitrogens is 3. The SMILES string of the molecule is [B]C12[B]c3cc(-c4ccc5nn(C)cc5c4)cc(C4CC4)c3CN1C(=O)c1cccnc12. The van der Waals surface area contributed by atoms with Crippen molar-refractivity contribution in [2.24, 2.45) is 7.05 Å². The summed E-state index contributed by atoms with van der Waals surface area (Å²) in [6.45, 7) is 0.519. The zero-order chi connectivity index (χ0) is 21.6. The Balaban J connectivity index is 1.39. The Bertz CT molecular complexity index is 1460. The summed E-state index contributed by atoms with van der Waals surface area (Å²) >= 11 is 0. The highest BCUT2D eigenvalue weighted by Crippen LogP contribution is 2.46. The normalized spacial score (nSPS) is 21.3. The number of hydrogen-bond acceptors (Lipinski definition) is 3. The third-order valence-electron chi connectivity index (χ3n) is 7.09. The summed E-state index contributed by atoms with van der Waals surface area (Å²) in [6, 6.07) is 14.6. The number of carbonyl (C=O) groups is 1. The number of carbonyl (C=O) groups excluding carboxylic acids is 1. The maximum atomic E-state index is 13.1. The Labute approximate surface area is 188 Å². The van der Waals surface area contributed by atoms with Crippen molar-refractivity contribution in [1.29, 1.82) is 0 Å². The summed E-state index contributed by atoms with van der Waals surface area (Å²) in [6.07, 6.45) is 6.15. The van der Waals surface area contributed by atoms with Gasteiger partial charge in [0.15, 0.2) is 7.28 Å². The van der Waals surface area contributed by atoms with Crippen LogP contribution >= 0.6 is 0 Å². The molecule has 3 aliphatic rings. The second-order valence-electron chi connectivity index (χ2n) is 9.24. The standard InChI is InChI=1S/C25H19B2N4O/c1-30-12-17-9-15(6-7-22(17)29-30)16-10-19(14-4-5-14)20-13-31-24(32)18-3-2-8-28-23(18)25(31,26)27-21(20)11-16/h2-3,6-12,14H,4-5,13H2,1H3. The molecule has 0 N–H and O–H groups in total. The fraction of sp³-hybridized carbons (Fsp3) is 0.240. The molecule has 2 aromatic heterocycles. The highest BCUT2D eigenvalue weighted by Gasteiger charge is 2.50. The summed E-state index contributed by atoms with van der Waals surface area (Å²) in [4.78, 5) is 19.4. The summed E-state index contributed by atoms with van der Waals surface area (Å²) in [7, 11) is 10.9. The first-order chi connectivity index (χ1) is 15.5. The molecule has 3 radical (unpaired) electrons. The number of aryl methyl sites for hydroxylation is 1. The van der Waals surface area contributed by atoms with Crippen LogP contribution in [-0.4, -0.2) is 40.7 Å². The third-order valence-corrected chi connectivity index (χ3v) is 7.09. The Morgan fingerprint density at radius 2 is 2.03 bits per heavy atom. The van der Waals surface area contributed by atoms with E-state index in [9.17, 15) is 4.79 Å². The van der Waals surface area contributed by atoms with Crippen molar-refractivity contribution in [3.8, 4) is 11.1 Å². The number of rotatable bonds is 2. The van der Waals surface area contributed by atoms with Gasteiger partial charge in [0.2, 0.25) is 0 Å². The predicted octanol–water partition coefficient (Wildman–Crippen LogP) is 2.79. The van der Waals surface area contributed by atoms with Crippen LogP contribution < -0.4 is 5.46 Å². The van der Waals surface area contributed by atoms with E-state index in [-0.39, 0.29) is 5.91 Å². The van der Waals surface area contributed by atoms with Crippen LogP contribution in [0.3, 0.4) is 0 Å². The monoisotopic (exact) mass is 413 g/mol. The fourth-order valence-corrected chi connectivity index (χ4v) is 5.37. The van der Waals surface area contributed by atoms with E-state index in [1.807, 2.05) is 31.3 Å². The van der Waals surface area contributed by atoms with Crippen LogP contribution in [0, 0.1) is 0 Å². The molecule has 1 unspecified atom stereocenters. The van der Waals surface area contributed by atoms with Crippen LogP contribution in [0.4, 0.5) is 0 Å². The number of fused-ring (bicyclic) bond motifs is 5. The lowest BCUT2D eigenvalue weighted by atomic mass is 9.41. The van der Waals surface area contributed by atoms with Crippen molar-refractivity contribution in [2.45, 2.75) is 30.6 Å². The number of amides is 1. The lowest BCUT2D eigenvalue weighted by Crippen LogP contribution is -2.57. The molecule has 1 fully saturated rings. The van der Waals surface area contributed by atoms with Crippen molar-refractivity contribution in [2.75, 3.05) is 0 Å². The van der Waals surface area contributed by atoms with E-state index in [2.05, 4.69) is 40.4 Å². The summed E-state index contributed by atoms with van der Waals surface area (Å²) in [5, 5.41) is 4.62.